The molecule has 0 saturated heterocycles. The molecule has 20 heavy (non-hydrogen) atoms. The second-order valence-corrected chi connectivity index (χ2v) is 5.39. The molecule has 116 valence electrons. The molecule has 0 heterocycles. The van der Waals surface area contributed by atoms with Crippen LogP contribution in [-0.4, -0.2) is 19.7 Å². The fourth-order valence-electron chi connectivity index (χ4n) is 2.35. The van der Waals surface area contributed by atoms with E-state index in [1.54, 1.807) is 0 Å². The minimum Gasteiger partial charge on any atom is -0.493 e. The second kappa shape index (κ2) is 11.0. The van der Waals surface area contributed by atoms with E-state index < -0.39 is 0 Å². The minimum absolute atomic E-state index is 0. The van der Waals surface area contributed by atoms with E-state index in [2.05, 4.69) is 45.1 Å². The van der Waals surface area contributed by atoms with Crippen molar-refractivity contribution in [3.63, 3.8) is 0 Å². The van der Waals surface area contributed by atoms with Gasteiger partial charge in [0.2, 0.25) is 0 Å². The van der Waals surface area contributed by atoms with Crippen molar-refractivity contribution >= 4 is 12.4 Å². The zero-order valence-electron chi connectivity index (χ0n) is 13.4. The van der Waals surface area contributed by atoms with Crippen molar-refractivity contribution in [2.24, 2.45) is 0 Å². The van der Waals surface area contributed by atoms with Crippen LogP contribution in [-0.2, 0) is 0 Å². The Kier molecular flexibility index (Phi) is 10.6. The summed E-state index contributed by atoms with van der Waals surface area (Å²) >= 11 is 0. The Balaban J connectivity index is 0.00000361. The minimum atomic E-state index is 0. The highest BCUT2D eigenvalue weighted by atomic mass is 35.5. The molecule has 0 bridgehead atoms. The monoisotopic (exact) mass is 299 g/mol. The third-order valence-electron chi connectivity index (χ3n) is 3.31. The van der Waals surface area contributed by atoms with Crippen molar-refractivity contribution in [2.75, 3.05) is 19.7 Å². The molecule has 0 aliphatic rings. The summed E-state index contributed by atoms with van der Waals surface area (Å²) in [5, 5.41) is 3.46. The molecule has 1 aromatic carbocycles. The van der Waals surface area contributed by atoms with Gasteiger partial charge >= 0.3 is 0 Å². The molecule has 0 spiro atoms. The predicted octanol–water partition coefficient (Wildman–Crippen LogP) is 4.58. The molecule has 0 fully saturated rings. The normalized spacial score (nSPS) is 10.2. The summed E-state index contributed by atoms with van der Waals surface area (Å²) in [6.07, 6.45) is 4.85. The van der Waals surface area contributed by atoms with E-state index in [1.807, 2.05) is 0 Å². The van der Waals surface area contributed by atoms with Crippen LogP contribution in [0.1, 0.15) is 49.3 Å². The van der Waals surface area contributed by atoms with Gasteiger partial charge in [-0.3, -0.25) is 0 Å². The van der Waals surface area contributed by atoms with Crippen molar-refractivity contribution < 1.29 is 4.74 Å². The van der Waals surface area contributed by atoms with E-state index in [0.29, 0.717) is 0 Å². The van der Waals surface area contributed by atoms with Gasteiger partial charge in [-0.1, -0.05) is 31.0 Å². The SMILES string of the molecule is CCCCNCCCCOc1c(C)cc(C)cc1C.Cl. The molecule has 1 N–H and O–H groups in total. The van der Waals surface area contributed by atoms with Crippen molar-refractivity contribution in [3.8, 4) is 5.75 Å². The van der Waals surface area contributed by atoms with E-state index in [1.165, 1.54) is 36.0 Å². The third-order valence-corrected chi connectivity index (χ3v) is 3.31. The Labute approximate surface area is 130 Å². The first-order valence-corrected chi connectivity index (χ1v) is 7.56. The molecule has 3 heteroatoms. The Bertz CT molecular complexity index is 356. The zero-order valence-corrected chi connectivity index (χ0v) is 14.2. The van der Waals surface area contributed by atoms with Crippen LogP contribution in [0.15, 0.2) is 12.1 Å². The van der Waals surface area contributed by atoms with Crippen LogP contribution in [0, 0.1) is 20.8 Å². The number of aryl methyl sites for hydroxylation is 3. The largest absolute Gasteiger partial charge is 0.493 e. The summed E-state index contributed by atoms with van der Waals surface area (Å²) in [5.74, 6) is 1.07. The predicted molar refractivity (Wildman–Crippen MR) is 90.4 cm³/mol. The summed E-state index contributed by atoms with van der Waals surface area (Å²) in [4.78, 5) is 0. The van der Waals surface area contributed by atoms with Gasteiger partial charge in [0.1, 0.15) is 5.75 Å². The lowest BCUT2D eigenvalue weighted by Crippen LogP contribution is -2.17. The molecule has 1 rings (SSSR count). The first-order valence-electron chi connectivity index (χ1n) is 7.56. The molecule has 0 atom stereocenters. The Morgan fingerprint density at radius 2 is 1.55 bits per heavy atom. The smallest absolute Gasteiger partial charge is 0.125 e. The van der Waals surface area contributed by atoms with Crippen molar-refractivity contribution in [1.29, 1.82) is 0 Å². The standard InChI is InChI=1S/C17H29NO.ClH/c1-5-6-9-18-10-7-8-11-19-17-15(3)12-14(2)13-16(17)4;/h12-13,18H,5-11H2,1-4H3;1H. The lowest BCUT2D eigenvalue weighted by molar-refractivity contribution is 0.302. The van der Waals surface area contributed by atoms with Gasteiger partial charge in [0.15, 0.2) is 0 Å². The van der Waals surface area contributed by atoms with Crippen LogP contribution in [0.5, 0.6) is 5.75 Å². The van der Waals surface area contributed by atoms with E-state index >= 15 is 0 Å². The Morgan fingerprint density at radius 3 is 2.15 bits per heavy atom. The number of hydrogen-bond acceptors (Lipinski definition) is 2. The van der Waals surface area contributed by atoms with Crippen LogP contribution < -0.4 is 10.1 Å². The van der Waals surface area contributed by atoms with Crippen LogP contribution in [0.4, 0.5) is 0 Å². The maximum Gasteiger partial charge on any atom is 0.125 e. The molecular weight excluding hydrogens is 270 g/mol. The van der Waals surface area contributed by atoms with Gasteiger partial charge in [0.25, 0.3) is 0 Å². The number of benzene rings is 1. The fourth-order valence-corrected chi connectivity index (χ4v) is 2.35. The maximum atomic E-state index is 5.92. The molecule has 0 radical (unpaired) electrons. The maximum absolute atomic E-state index is 5.92. The van der Waals surface area contributed by atoms with Gasteiger partial charge in [-0.2, -0.15) is 0 Å². The number of halogens is 1. The molecule has 0 saturated carbocycles. The molecule has 0 amide bonds. The molecule has 1 aromatic rings. The lowest BCUT2D eigenvalue weighted by Gasteiger charge is -2.13. The summed E-state index contributed by atoms with van der Waals surface area (Å²) < 4.78 is 5.92. The average molecular weight is 300 g/mol. The summed E-state index contributed by atoms with van der Waals surface area (Å²) in [5.41, 5.74) is 3.81. The van der Waals surface area contributed by atoms with Gasteiger partial charge in [0.05, 0.1) is 6.61 Å². The van der Waals surface area contributed by atoms with Gasteiger partial charge in [0, 0.05) is 0 Å². The molecular formula is C17H30ClNO. The Morgan fingerprint density at radius 1 is 0.950 bits per heavy atom. The van der Waals surface area contributed by atoms with E-state index in [4.69, 9.17) is 4.74 Å². The molecule has 2 nitrogen and oxygen atoms in total. The van der Waals surface area contributed by atoms with Crippen molar-refractivity contribution in [3.05, 3.63) is 28.8 Å². The average Bonchev–Trinajstić information content (AvgIpc) is 2.35. The third kappa shape index (κ3) is 7.16. The summed E-state index contributed by atoms with van der Waals surface area (Å²) in [6.45, 7) is 11.7. The zero-order chi connectivity index (χ0) is 14.1. The quantitative estimate of drug-likeness (QED) is 0.674. The number of unbranched alkanes of at least 4 members (excludes halogenated alkanes) is 2. The van der Waals surface area contributed by atoms with E-state index in [0.717, 1.165) is 31.9 Å². The summed E-state index contributed by atoms with van der Waals surface area (Å²) in [6, 6.07) is 4.38. The van der Waals surface area contributed by atoms with Crippen molar-refractivity contribution in [2.45, 2.75) is 53.4 Å². The van der Waals surface area contributed by atoms with Gasteiger partial charge < -0.3 is 10.1 Å². The molecule has 0 aliphatic heterocycles. The lowest BCUT2D eigenvalue weighted by atomic mass is 10.1. The Hall–Kier alpha value is -0.730. The van der Waals surface area contributed by atoms with Gasteiger partial charge in [-0.25, -0.2) is 0 Å². The van der Waals surface area contributed by atoms with Crippen LogP contribution in [0.25, 0.3) is 0 Å². The fraction of sp³-hybridized carbons (Fsp3) is 0.647. The number of hydrogen-bond donors (Lipinski definition) is 1. The van der Waals surface area contributed by atoms with Gasteiger partial charge in [-0.15, -0.1) is 12.4 Å². The van der Waals surface area contributed by atoms with Gasteiger partial charge in [-0.05, 0) is 64.3 Å². The first-order chi connectivity index (χ1) is 9.15. The second-order valence-electron chi connectivity index (χ2n) is 5.39. The van der Waals surface area contributed by atoms with E-state index in [-0.39, 0.29) is 12.4 Å². The molecule has 0 aliphatic carbocycles. The highest BCUT2D eigenvalue weighted by Crippen LogP contribution is 2.24. The van der Waals surface area contributed by atoms with E-state index in [9.17, 15) is 0 Å². The van der Waals surface area contributed by atoms with Crippen LogP contribution >= 0.6 is 12.4 Å². The van der Waals surface area contributed by atoms with Crippen molar-refractivity contribution in [1.82, 2.24) is 5.32 Å². The first kappa shape index (κ1) is 19.3. The highest BCUT2D eigenvalue weighted by Gasteiger charge is 2.04. The number of ether oxygens (including phenoxy) is 1. The highest BCUT2D eigenvalue weighted by molar-refractivity contribution is 5.85. The topological polar surface area (TPSA) is 21.3 Å². The molecule has 0 unspecified atom stereocenters. The number of rotatable bonds is 9. The van der Waals surface area contributed by atoms with Crippen LogP contribution in [0.2, 0.25) is 0 Å². The summed E-state index contributed by atoms with van der Waals surface area (Å²) in [7, 11) is 0. The molecule has 0 aromatic heterocycles. The van der Waals surface area contributed by atoms with Crippen LogP contribution in [0.3, 0.4) is 0 Å². The number of nitrogens with one attached hydrogen (secondary N) is 1.